The molecule has 0 bridgehead atoms. The van der Waals surface area contributed by atoms with Gasteiger partial charge >= 0.3 is 0 Å². The van der Waals surface area contributed by atoms with E-state index in [0.717, 1.165) is 0 Å². The van der Waals surface area contributed by atoms with Crippen LogP contribution in [-0.4, -0.2) is 8.42 Å². The van der Waals surface area contributed by atoms with Crippen LogP contribution in [-0.2, 0) is 9.84 Å². The van der Waals surface area contributed by atoms with Crippen LogP contribution in [0.1, 0.15) is 5.56 Å². The number of sulfone groups is 1. The first kappa shape index (κ1) is 12.5. The first-order valence-corrected chi connectivity index (χ1v) is 6.76. The molecular weight excluding hydrogens is 251 g/mol. The summed E-state index contributed by atoms with van der Waals surface area (Å²) >= 11 is 0. The van der Waals surface area contributed by atoms with Gasteiger partial charge in [0.25, 0.3) is 0 Å². The van der Waals surface area contributed by atoms with Gasteiger partial charge in [-0.25, -0.2) is 12.8 Å². The van der Waals surface area contributed by atoms with E-state index in [1.54, 1.807) is 24.3 Å². The van der Waals surface area contributed by atoms with E-state index in [1.165, 1.54) is 30.3 Å². The maximum Gasteiger partial charge on any atom is 0.206 e. The highest BCUT2D eigenvalue weighted by Crippen LogP contribution is 2.27. The fourth-order valence-electron chi connectivity index (χ4n) is 1.57. The fraction of sp³-hybridized carbons (Fsp3) is 0. The smallest absolute Gasteiger partial charge is 0.206 e. The number of benzene rings is 2. The Morgan fingerprint density at radius 2 is 1.50 bits per heavy atom. The molecule has 0 fully saturated rings. The Morgan fingerprint density at radius 3 is 2.11 bits per heavy atom. The van der Waals surface area contributed by atoms with Crippen molar-refractivity contribution in [3.63, 3.8) is 0 Å². The molecule has 0 unspecified atom stereocenters. The molecule has 0 aliphatic rings. The number of hydrogen-bond acceptors (Lipinski definition) is 2. The van der Waals surface area contributed by atoms with Crippen molar-refractivity contribution in [3.8, 4) is 0 Å². The first-order valence-electron chi connectivity index (χ1n) is 5.27. The molecule has 0 radical (unpaired) electrons. The Hall–Kier alpha value is -1.94. The molecule has 0 aliphatic carbocycles. The van der Waals surface area contributed by atoms with E-state index in [2.05, 4.69) is 6.58 Å². The Bertz CT molecular complexity index is 676. The number of halogens is 1. The molecule has 2 rings (SSSR count). The number of hydrogen-bond donors (Lipinski definition) is 0. The molecule has 0 aromatic heterocycles. The average molecular weight is 262 g/mol. The summed E-state index contributed by atoms with van der Waals surface area (Å²) < 4.78 is 38.0. The van der Waals surface area contributed by atoms with Crippen molar-refractivity contribution < 1.29 is 12.8 Å². The van der Waals surface area contributed by atoms with Crippen molar-refractivity contribution >= 4 is 14.7 Å². The van der Waals surface area contributed by atoms with Crippen molar-refractivity contribution in [2.45, 2.75) is 4.90 Å². The van der Waals surface area contributed by atoms with Crippen molar-refractivity contribution in [2.24, 2.45) is 0 Å². The van der Waals surface area contributed by atoms with Crippen molar-refractivity contribution in [1.82, 2.24) is 0 Å². The van der Waals surface area contributed by atoms with Crippen LogP contribution in [0.4, 0.5) is 4.39 Å². The van der Waals surface area contributed by atoms with Crippen molar-refractivity contribution in [1.29, 1.82) is 0 Å². The van der Waals surface area contributed by atoms with Crippen LogP contribution in [0.15, 0.2) is 66.1 Å². The lowest BCUT2D eigenvalue weighted by molar-refractivity contribution is 0.603. The molecule has 92 valence electrons. The third kappa shape index (κ3) is 2.19. The van der Waals surface area contributed by atoms with Gasteiger partial charge in [0, 0.05) is 5.56 Å². The second-order valence-electron chi connectivity index (χ2n) is 3.72. The summed E-state index contributed by atoms with van der Waals surface area (Å²) in [6, 6.07) is 13.5. The van der Waals surface area contributed by atoms with Crippen LogP contribution in [0.25, 0.3) is 4.91 Å². The van der Waals surface area contributed by atoms with Gasteiger partial charge in [0.2, 0.25) is 9.84 Å². The maximum atomic E-state index is 13.6. The van der Waals surface area contributed by atoms with Crippen LogP contribution in [0.5, 0.6) is 0 Å². The van der Waals surface area contributed by atoms with E-state index >= 15 is 0 Å². The van der Waals surface area contributed by atoms with Gasteiger partial charge in [-0.05, 0) is 18.2 Å². The first-order chi connectivity index (χ1) is 8.53. The van der Waals surface area contributed by atoms with E-state index in [-0.39, 0.29) is 15.4 Å². The molecule has 0 saturated heterocycles. The summed E-state index contributed by atoms with van der Waals surface area (Å²) in [6.45, 7) is 3.51. The monoisotopic (exact) mass is 262 g/mol. The van der Waals surface area contributed by atoms with Crippen LogP contribution in [0.3, 0.4) is 0 Å². The lowest BCUT2D eigenvalue weighted by atomic mass is 10.2. The van der Waals surface area contributed by atoms with Crippen LogP contribution in [0.2, 0.25) is 0 Å². The molecule has 0 atom stereocenters. The standard InChI is InChI=1S/C14H11FO2S/c1-11(13-9-5-6-10-14(13)15)18(16,17)12-7-3-2-4-8-12/h2-10H,1H2. The normalized spacial score (nSPS) is 11.2. The molecule has 0 N–H and O–H groups in total. The van der Waals surface area contributed by atoms with Gasteiger partial charge in [-0.1, -0.05) is 43.0 Å². The second-order valence-corrected chi connectivity index (χ2v) is 5.69. The van der Waals surface area contributed by atoms with Gasteiger partial charge in [0.05, 0.1) is 9.80 Å². The van der Waals surface area contributed by atoms with E-state index in [4.69, 9.17) is 0 Å². The van der Waals surface area contributed by atoms with E-state index < -0.39 is 15.7 Å². The van der Waals surface area contributed by atoms with Gasteiger partial charge in [0.15, 0.2) is 0 Å². The Balaban J connectivity index is 2.51. The molecule has 4 heteroatoms. The topological polar surface area (TPSA) is 34.1 Å². The molecule has 0 heterocycles. The minimum atomic E-state index is -3.75. The second kappa shape index (κ2) is 4.74. The lowest BCUT2D eigenvalue weighted by Gasteiger charge is -2.08. The largest absolute Gasteiger partial charge is 0.219 e. The molecule has 0 saturated carbocycles. The third-order valence-corrected chi connectivity index (χ3v) is 4.31. The van der Waals surface area contributed by atoms with E-state index in [0.29, 0.717) is 0 Å². The molecule has 0 amide bonds. The molecule has 0 aliphatic heterocycles. The maximum absolute atomic E-state index is 13.6. The molecule has 2 aromatic carbocycles. The fourth-order valence-corrected chi connectivity index (χ4v) is 2.83. The van der Waals surface area contributed by atoms with Crippen LogP contribution < -0.4 is 0 Å². The minimum absolute atomic E-state index is 0.00125. The zero-order chi connectivity index (χ0) is 13.2. The highest BCUT2D eigenvalue weighted by atomic mass is 32.2. The minimum Gasteiger partial charge on any atom is -0.219 e. The summed E-state index contributed by atoms with van der Waals surface area (Å²) in [4.78, 5) is -0.120. The summed E-state index contributed by atoms with van der Waals surface area (Å²) in [5, 5.41) is 0. The Labute approximate surface area is 105 Å². The predicted molar refractivity (Wildman–Crippen MR) is 69.1 cm³/mol. The molecule has 18 heavy (non-hydrogen) atoms. The highest BCUT2D eigenvalue weighted by Gasteiger charge is 2.21. The van der Waals surface area contributed by atoms with Gasteiger partial charge < -0.3 is 0 Å². The molecule has 2 nitrogen and oxygen atoms in total. The van der Waals surface area contributed by atoms with Gasteiger partial charge in [-0.3, -0.25) is 0 Å². The number of rotatable bonds is 3. The van der Waals surface area contributed by atoms with Gasteiger partial charge in [-0.2, -0.15) is 0 Å². The zero-order valence-electron chi connectivity index (χ0n) is 9.51. The molecule has 0 spiro atoms. The Morgan fingerprint density at radius 1 is 0.944 bits per heavy atom. The Kier molecular flexibility index (Phi) is 3.30. The summed E-state index contributed by atoms with van der Waals surface area (Å²) in [7, 11) is -3.75. The van der Waals surface area contributed by atoms with Gasteiger partial charge in [0.1, 0.15) is 5.82 Å². The van der Waals surface area contributed by atoms with E-state index in [1.807, 2.05) is 0 Å². The SMILES string of the molecule is C=C(c1ccccc1F)S(=O)(=O)c1ccccc1. The van der Waals surface area contributed by atoms with Crippen molar-refractivity contribution in [2.75, 3.05) is 0 Å². The highest BCUT2D eigenvalue weighted by molar-refractivity contribution is 8.00. The van der Waals surface area contributed by atoms with E-state index in [9.17, 15) is 12.8 Å². The van der Waals surface area contributed by atoms with Crippen LogP contribution in [0, 0.1) is 5.82 Å². The lowest BCUT2D eigenvalue weighted by Crippen LogP contribution is -2.04. The zero-order valence-corrected chi connectivity index (χ0v) is 10.3. The third-order valence-electron chi connectivity index (χ3n) is 2.55. The van der Waals surface area contributed by atoms with Gasteiger partial charge in [-0.15, -0.1) is 0 Å². The quantitative estimate of drug-likeness (QED) is 0.850. The molecular formula is C14H11FO2S. The summed E-state index contributed by atoms with van der Waals surface area (Å²) in [5.74, 6) is -0.595. The molecule has 2 aromatic rings. The van der Waals surface area contributed by atoms with Crippen LogP contribution >= 0.6 is 0 Å². The summed E-state index contributed by atoms with van der Waals surface area (Å²) in [6.07, 6.45) is 0. The van der Waals surface area contributed by atoms with Crippen molar-refractivity contribution in [3.05, 3.63) is 72.6 Å². The predicted octanol–water partition coefficient (Wildman–Crippen LogP) is 3.27. The average Bonchev–Trinajstić information content (AvgIpc) is 2.39. The summed E-state index contributed by atoms with van der Waals surface area (Å²) in [5.41, 5.74) is 0.00125.